The van der Waals surface area contributed by atoms with Crippen LogP contribution in [0.25, 0.3) is 11.1 Å². The molecule has 5 atom stereocenters. The van der Waals surface area contributed by atoms with Gasteiger partial charge in [0.25, 0.3) is 0 Å². The summed E-state index contributed by atoms with van der Waals surface area (Å²) < 4.78 is 59.2. The first-order chi connectivity index (χ1) is 17.3. The molecule has 1 aromatic carbocycles. The van der Waals surface area contributed by atoms with E-state index in [2.05, 4.69) is 13.0 Å². The molecule has 4 aliphatic carbocycles. The molecule has 0 heterocycles. The maximum absolute atomic E-state index is 15.3. The molecule has 4 heteroatoms. The fraction of sp³-hybridized carbons (Fsp3) is 0.500. The lowest BCUT2D eigenvalue weighted by molar-refractivity contribution is 0.198. The summed E-state index contributed by atoms with van der Waals surface area (Å²) in [6.07, 6.45) is 9.99. The van der Waals surface area contributed by atoms with Gasteiger partial charge in [-0.15, -0.1) is 0 Å². The van der Waals surface area contributed by atoms with Gasteiger partial charge in [-0.1, -0.05) is 74.4 Å². The van der Waals surface area contributed by atoms with Crippen LogP contribution in [0.15, 0.2) is 71.4 Å². The molecule has 192 valence electrons. The number of benzene rings is 1. The van der Waals surface area contributed by atoms with Gasteiger partial charge in [0, 0.05) is 0 Å². The van der Waals surface area contributed by atoms with Crippen LogP contribution >= 0.6 is 0 Å². The van der Waals surface area contributed by atoms with Crippen molar-refractivity contribution in [3.63, 3.8) is 0 Å². The molecule has 0 aromatic heterocycles. The normalized spacial score (nSPS) is 35.3. The summed E-state index contributed by atoms with van der Waals surface area (Å²) in [5.41, 5.74) is 3.46. The van der Waals surface area contributed by atoms with Gasteiger partial charge in [-0.05, 0) is 95.8 Å². The zero-order valence-electron chi connectivity index (χ0n) is 21.2. The van der Waals surface area contributed by atoms with Crippen LogP contribution < -0.4 is 0 Å². The molecule has 1 fully saturated rings. The summed E-state index contributed by atoms with van der Waals surface area (Å²) in [5, 5.41) is 0. The molecule has 5 unspecified atom stereocenters. The van der Waals surface area contributed by atoms with E-state index in [0.717, 1.165) is 36.7 Å². The topological polar surface area (TPSA) is 0 Å². The van der Waals surface area contributed by atoms with Crippen LogP contribution in [0, 0.1) is 17.8 Å². The fourth-order valence-electron chi connectivity index (χ4n) is 6.42. The van der Waals surface area contributed by atoms with Crippen LogP contribution in [-0.2, 0) is 0 Å². The van der Waals surface area contributed by atoms with Crippen LogP contribution in [-0.4, -0.2) is 24.7 Å². The average molecular weight is 497 g/mol. The van der Waals surface area contributed by atoms with Crippen molar-refractivity contribution in [2.45, 2.75) is 83.5 Å². The van der Waals surface area contributed by atoms with Crippen molar-refractivity contribution in [2.24, 2.45) is 17.8 Å². The molecular formula is C32H36F4. The van der Waals surface area contributed by atoms with Crippen molar-refractivity contribution >= 4 is 11.1 Å². The summed E-state index contributed by atoms with van der Waals surface area (Å²) in [6.45, 7) is 3.90. The van der Waals surface area contributed by atoms with Crippen LogP contribution in [0.2, 0.25) is 0 Å². The minimum absolute atomic E-state index is 0.268. The Morgan fingerprint density at radius 2 is 1.14 bits per heavy atom. The molecule has 0 N–H and O–H groups in total. The lowest BCUT2D eigenvalue weighted by atomic mass is 9.71. The van der Waals surface area contributed by atoms with E-state index in [4.69, 9.17) is 0 Å². The van der Waals surface area contributed by atoms with Gasteiger partial charge in [0.1, 0.15) is 0 Å². The van der Waals surface area contributed by atoms with Crippen molar-refractivity contribution in [1.82, 2.24) is 0 Å². The van der Waals surface area contributed by atoms with Crippen LogP contribution in [0.1, 0.15) is 69.9 Å². The minimum Gasteiger partial charge on any atom is -0.239 e. The predicted molar refractivity (Wildman–Crippen MR) is 140 cm³/mol. The second-order valence-corrected chi connectivity index (χ2v) is 11.2. The molecule has 0 aliphatic heterocycles. The second-order valence-electron chi connectivity index (χ2n) is 11.2. The molecule has 0 nitrogen and oxygen atoms in total. The number of hydrogen-bond acceptors (Lipinski definition) is 0. The fourth-order valence-corrected chi connectivity index (χ4v) is 6.42. The van der Waals surface area contributed by atoms with E-state index < -0.39 is 24.7 Å². The van der Waals surface area contributed by atoms with Crippen molar-refractivity contribution < 1.29 is 17.6 Å². The monoisotopic (exact) mass is 496 g/mol. The first-order valence-corrected chi connectivity index (χ1v) is 13.5. The largest absolute Gasteiger partial charge is 0.239 e. The third kappa shape index (κ3) is 4.93. The lowest BCUT2D eigenvalue weighted by Gasteiger charge is -2.35. The number of halogens is 4. The molecule has 0 bridgehead atoms. The highest BCUT2D eigenvalue weighted by Gasteiger charge is 2.35. The van der Waals surface area contributed by atoms with Crippen LogP contribution in [0.4, 0.5) is 17.6 Å². The van der Waals surface area contributed by atoms with E-state index in [0.29, 0.717) is 28.2 Å². The van der Waals surface area contributed by atoms with E-state index in [1.54, 1.807) is 55.5 Å². The first kappa shape index (κ1) is 25.3. The molecule has 1 saturated carbocycles. The van der Waals surface area contributed by atoms with Gasteiger partial charge >= 0.3 is 0 Å². The Labute approximate surface area is 212 Å². The highest BCUT2D eigenvalue weighted by Crippen LogP contribution is 2.43. The molecule has 36 heavy (non-hydrogen) atoms. The molecule has 0 spiro atoms. The molecule has 0 amide bonds. The second kappa shape index (κ2) is 10.6. The van der Waals surface area contributed by atoms with E-state index in [1.165, 1.54) is 25.7 Å². The van der Waals surface area contributed by atoms with Gasteiger partial charge in [-0.2, -0.15) is 0 Å². The van der Waals surface area contributed by atoms with Crippen molar-refractivity contribution in [3.05, 3.63) is 82.5 Å². The van der Waals surface area contributed by atoms with Crippen molar-refractivity contribution in [1.29, 1.82) is 0 Å². The highest BCUT2D eigenvalue weighted by atomic mass is 19.2. The smallest absolute Gasteiger partial charge is 0.161 e. The third-order valence-corrected chi connectivity index (χ3v) is 8.91. The zero-order valence-corrected chi connectivity index (χ0v) is 21.2. The van der Waals surface area contributed by atoms with Gasteiger partial charge < -0.3 is 0 Å². The standard InChI is InChI=1S/C32H36F4/c1-19-3-6-21(7-4-19)22-8-10-23(11-9-22)27-17-18-28(32(36)31(27)35)25-14-12-24(13-15-25)26-16-5-20(2)29(33)30(26)34/h5,10,12-19,21-22,29-32H,3-4,6-9,11H2,1-2H3. The average Bonchev–Trinajstić information content (AvgIpc) is 2.90. The van der Waals surface area contributed by atoms with Gasteiger partial charge in [0.15, 0.2) is 24.7 Å². The van der Waals surface area contributed by atoms with Crippen molar-refractivity contribution in [2.75, 3.05) is 0 Å². The maximum Gasteiger partial charge on any atom is 0.161 e. The Balaban J connectivity index is 1.30. The number of hydrogen-bond donors (Lipinski definition) is 0. The Kier molecular flexibility index (Phi) is 7.42. The number of alkyl halides is 4. The summed E-state index contributed by atoms with van der Waals surface area (Å²) in [4.78, 5) is 0. The van der Waals surface area contributed by atoms with Gasteiger partial charge in [0.05, 0.1) is 0 Å². The minimum atomic E-state index is -1.75. The predicted octanol–water partition coefficient (Wildman–Crippen LogP) is 9.26. The SMILES string of the molecule is CC1=CC=C(c2ccc(C3=CC=C(C4=CCC(C5CCC(C)CC5)CC4)C(F)C3F)cc2)C(F)C1F. The van der Waals surface area contributed by atoms with Gasteiger partial charge in [-0.3, -0.25) is 0 Å². The highest BCUT2D eigenvalue weighted by molar-refractivity contribution is 5.78. The number of allylic oxidation sites excluding steroid dienone is 10. The maximum atomic E-state index is 15.3. The Morgan fingerprint density at radius 3 is 1.72 bits per heavy atom. The van der Waals surface area contributed by atoms with Crippen molar-refractivity contribution in [3.8, 4) is 0 Å². The molecule has 1 aromatic rings. The third-order valence-electron chi connectivity index (χ3n) is 8.91. The lowest BCUT2D eigenvalue weighted by Crippen LogP contribution is -2.27. The van der Waals surface area contributed by atoms with Gasteiger partial charge in [0.2, 0.25) is 0 Å². The Morgan fingerprint density at radius 1 is 0.611 bits per heavy atom. The quantitative estimate of drug-likeness (QED) is 0.364. The summed E-state index contributed by atoms with van der Waals surface area (Å²) >= 11 is 0. The summed E-state index contributed by atoms with van der Waals surface area (Å²) in [7, 11) is 0. The van der Waals surface area contributed by atoms with E-state index >= 15 is 8.78 Å². The Hall–Kier alpha value is -2.36. The zero-order chi connectivity index (χ0) is 25.4. The molecule has 0 radical (unpaired) electrons. The van der Waals surface area contributed by atoms with E-state index in [1.807, 2.05) is 0 Å². The van der Waals surface area contributed by atoms with Gasteiger partial charge in [-0.25, -0.2) is 17.6 Å². The summed E-state index contributed by atoms with van der Waals surface area (Å²) in [5.74, 6) is 2.28. The molecule has 0 saturated heterocycles. The number of rotatable bonds is 4. The Bertz CT molecular complexity index is 1110. The van der Waals surface area contributed by atoms with E-state index in [-0.39, 0.29) is 11.1 Å². The van der Waals surface area contributed by atoms with Crippen LogP contribution in [0.3, 0.4) is 0 Å². The van der Waals surface area contributed by atoms with E-state index in [9.17, 15) is 8.78 Å². The molecule has 4 aliphatic rings. The molecular weight excluding hydrogens is 460 g/mol. The van der Waals surface area contributed by atoms with Crippen LogP contribution in [0.5, 0.6) is 0 Å². The summed E-state index contributed by atoms with van der Waals surface area (Å²) in [6, 6.07) is 6.65. The first-order valence-electron chi connectivity index (χ1n) is 13.5. The molecule has 5 rings (SSSR count).